The van der Waals surface area contributed by atoms with Crippen LogP contribution in [0.1, 0.15) is 46.5 Å². The van der Waals surface area contributed by atoms with E-state index in [1.165, 1.54) is 10.4 Å². The molecule has 0 radical (unpaired) electrons. The van der Waals surface area contributed by atoms with Crippen LogP contribution in [0.5, 0.6) is 0 Å². The first-order valence-electron chi connectivity index (χ1n) is 10.3. The number of hydrogen-bond acceptors (Lipinski definition) is 1. The van der Waals surface area contributed by atoms with Crippen LogP contribution in [-0.2, 0) is 4.43 Å². The summed E-state index contributed by atoms with van der Waals surface area (Å²) in [5.41, 5.74) is -0.641. The van der Waals surface area contributed by atoms with E-state index < -0.39 is 13.9 Å². The van der Waals surface area contributed by atoms with Crippen molar-refractivity contribution in [2.75, 3.05) is 0 Å². The molecule has 1 fully saturated rings. The minimum atomic E-state index is -2.59. The van der Waals surface area contributed by atoms with E-state index in [1.807, 2.05) is 36.4 Å². The number of benzene rings is 2. The fourth-order valence-electron chi connectivity index (χ4n) is 4.57. The zero-order valence-electron chi connectivity index (χ0n) is 17.7. The first-order valence-corrected chi connectivity index (χ1v) is 12.7. The molecule has 0 aliphatic heterocycles. The van der Waals surface area contributed by atoms with Gasteiger partial charge >= 0.3 is 0 Å². The first-order chi connectivity index (χ1) is 13.2. The molecule has 1 saturated carbocycles. The Balaban J connectivity index is 1.98. The van der Waals surface area contributed by atoms with Crippen molar-refractivity contribution >= 4 is 18.7 Å². The van der Waals surface area contributed by atoms with Gasteiger partial charge in [0.1, 0.15) is 11.4 Å². The van der Waals surface area contributed by atoms with Crippen molar-refractivity contribution in [3.05, 3.63) is 73.1 Å². The molecular formula is C25H33FOSi. The summed E-state index contributed by atoms with van der Waals surface area (Å²) in [6.45, 7) is 12.8. The van der Waals surface area contributed by atoms with Gasteiger partial charge in [-0.2, -0.15) is 0 Å². The second kappa shape index (κ2) is 7.96. The maximum Gasteiger partial charge on any atom is 0.254 e. The third kappa shape index (κ3) is 4.16. The molecule has 2 aromatic rings. The summed E-state index contributed by atoms with van der Waals surface area (Å²) >= 11 is 0. The van der Waals surface area contributed by atoms with Gasteiger partial charge < -0.3 is 4.43 Å². The van der Waals surface area contributed by atoms with Crippen LogP contribution in [0, 0.1) is 11.3 Å². The van der Waals surface area contributed by atoms with Gasteiger partial charge in [0.05, 0.1) is 0 Å². The summed E-state index contributed by atoms with van der Waals surface area (Å²) < 4.78 is 21.9. The molecule has 2 aromatic carbocycles. The van der Waals surface area contributed by atoms with Crippen molar-refractivity contribution in [3.8, 4) is 0 Å². The highest BCUT2D eigenvalue weighted by molar-refractivity contribution is 6.96. The maximum atomic E-state index is 14.9. The molecular weight excluding hydrogens is 363 g/mol. The molecule has 3 rings (SSSR count). The zero-order chi connectivity index (χ0) is 20.4. The summed E-state index contributed by atoms with van der Waals surface area (Å²) in [5.74, 6) is 0.274. The van der Waals surface area contributed by atoms with Crippen LogP contribution in [-0.4, -0.2) is 13.9 Å². The number of rotatable bonds is 5. The van der Waals surface area contributed by atoms with Gasteiger partial charge in [-0.15, -0.1) is 0 Å². The van der Waals surface area contributed by atoms with Crippen molar-refractivity contribution in [1.29, 1.82) is 0 Å². The van der Waals surface area contributed by atoms with Crippen LogP contribution in [0.15, 0.2) is 73.1 Å². The molecule has 0 heterocycles. The molecule has 28 heavy (non-hydrogen) atoms. The van der Waals surface area contributed by atoms with Gasteiger partial charge in [0.2, 0.25) is 0 Å². The maximum absolute atomic E-state index is 14.9. The van der Waals surface area contributed by atoms with Gasteiger partial charge in [0.15, 0.2) is 0 Å². The molecule has 1 aliphatic rings. The Labute approximate surface area is 170 Å². The minimum absolute atomic E-state index is 0.239. The summed E-state index contributed by atoms with van der Waals surface area (Å²) in [7, 11) is -2.59. The first kappa shape index (κ1) is 21.0. The van der Waals surface area contributed by atoms with Gasteiger partial charge in [0.25, 0.3) is 8.32 Å². The Morgan fingerprint density at radius 1 is 0.964 bits per heavy atom. The average molecular weight is 397 g/mol. The molecule has 0 bridgehead atoms. The quantitative estimate of drug-likeness (QED) is 0.576. The number of halogens is 1. The molecule has 0 atom stereocenters. The Morgan fingerprint density at radius 2 is 1.39 bits per heavy atom. The molecule has 1 nitrogen and oxygen atoms in total. The standard InChI is InChI=1S/C25H33FOSi/c1-20(26)25(18-16-21(17-19-25)24(2,3)4)27-28(5,22-12-8-6-9-13-22)23-14-10-7-11-15-23/h6-15,21H,1,16-19H2,2-5H3. The minimum Gasteiger partial charge on any atom is -0.396 e. The van der Waals surface area contributed by atoms with Crippen LogP contribution >= 0.6 is 0 Å². The lowest BCUT2D eigenvalue weighted by Crippen LogP contribution is -2.63. The van der Waals surface area contributed by atoms with E-state index in [-0.39, 0.29) is 11.2 Å². The highest BCUT2D eigenvalue weighted by atomic mass is 28.4. The van der Waals surface area contributed by atoms with E-state index >= 15 is 0 Å². The van der Waals surface area contributed by atoms with E-state index in [0.717, 1.165) is 12.8 Å². The fourth-order valence-corrected chi connectivity index (χ4v) is 7.89. The fraction of sp³-hybridized carbons (Fsp3) is 0.440. The van der Waals surface area contributed by atoms with E-state index in [2.05, 4.69) is 58.2 Å². The summed E-state index contributed by atoms with van der Waals surface area (Å²) in [4.78, 5) is 0. The lowest BCUT2D eigenvalue weighted by molar-refractivity contribution is 0.00616. The van der Waals surface area contributed by atoms with Crippen molar-refractivity contribution in [2.45, 2.75) is 58.6 Å². The summed E-state index contributed by atoms with van der Waals surface area (Å²) in [6, 6.07) is 20.7. The van der Waals surface area contributed by atoms with Crippen molar-refractivity contribution in [2.24, 2.45) is 11.3 Å². The van der Waals surface area contributed by atoms with Gasteiger partial charge in [-0.05, 0) is 53.9 Å². The SMILES string of the molecule is C=C(F)C1(O[Si](C)(c2ccccc2)c2ccccc2)CCC(C(C)(C)C)CC1. The van der Waals surface area contributed by atoms with Crippen LogP contribution in [0.25, 0.3) is 0 Å². The van der Waals surface area contributed by atoms with Crippen LogP contribution in [0.4, 0.5) is 4.39 Å². The smallest absolute Gasteiger partial charge is 0.254 e. The molecule has 0 amide bonds. The highest BCUT2D eigenvalue weighted by Gasteiger charge is 2.48. The molecule has 0 unspecified atom stereocenters. The molecule has 150 valence electrons. The van der Waals surface area contributed by atoms with Gasteiger partial charge in [-0.25, -0.2) is 4.39 Å². The highest BCUT2D eigenvalue weighted by Crippen LogP contribution is 2.46. The van der Waals surface area contributed by atoms with Gasteiger partial charge in [0, 0.05) is 0 Å². The van der Waals surface area contributed by atoms with E-state index in [9.17, 15) is 4.39 Å². The summed E-state index contributed by atoms with van der Waals surface area (Å²) in [6.07, 6.45) is 3.35. The Bertz CT molecular complexity index is 747. The molecule has 3 heteroatoms. The molecule has 0 N–H and O–H groups in total. The summed E-state index contributed by atoms with van der Waals surface area (Å²) in [5, 5.41) is 2.33. The van der Waals surface area contributed by atoms with E-state index in [1.54, 1.807) is 0 Å². The van der Waals surface area contributed by atoms with Crippen LogP contribution in [0.2, 0.25) is 6.55 Å². The lowest BCUT2D eigenvalue weighted by atomic mass is 9.68. The largest absolute Gasteiger partial charge is 0.396 e. The van der Waals surface area contributed by atoms with E-state index in [4.69, 9.17) is 4.43 Å². The molecule has 0 aromatic heterocycles. The lowest BCUT2D eigenvalue weighted by Gasteiger charge is -2.47. The molecule has 1 aliphatic carbocycles. The topological polar surface area (TPSA) is 9.23 Å². The van der Waals surface area contributed by atoms with Crippen molar-refractivity contribution < 1.29 is 8.82 Å². The monoisotopic (exact) mass is 396 g/mol. The Hall–Kier alpha value is -1.71. The third-order valence-corrected chi connectivity index (χ3v) is 10.2. The van der Waals surface area contributed by atoms with Gasteiger partial charge in [-0.1, -0.05) is 88.0 Å². The third-order valence-electron chi connectivity index (χ3n) is 6.56. The van der Waals surface area contributed by atoms with Crippen molar-refractivity contribution in [3.63, 3.8) is 0 Å². The van der Waals surface area contributed by atoms with Gasteiger partial charge in [-0.3, -0.25) is 0 Å². The average Bonchev–Trinajstić information content (AvgIpc) is 2.69. The van der Waals surface area contributed by atoms with E-state index in [0.29, 0.717) is 18.8 Å². The predicted molar refractivity (Wildman–Crippen MR) is 119 cm³/mol. The molecule has 0 spiro atoms. The van der Waals surface area contributed by atoms with Crippen LogP contribution in [0.3, 0.4) is 0 Å². The Kier molecular flexibility index (Phi) is 5.97. The van der Waals surface area contributed by atoms with Crippen LogP contribution < -0.4 is 10.4 Å². The normalized spacial score (nSPS) is 23.4. The Morgan fingerprint density at radius 3 is 1.75 bits per heavy atom. The number of hydrogen-bond donors (Lipinski definition) is 0. The second-order valence-electron chi connectivity index (χ2n) is 9.41. The zero-order valence-corrected chi connectivity index (χ0v) is 18.7. The molecule has 0 saturated heterocycles. The predicted octanol–water partition coefficient (Wildman–Crippen LogP) is 5.85. The van der Waals surface area contributed by atoms with Crippen molar-refractivity contribution in [1.82, 2.24) is 0 Å². The second-order valence-corrected chi connectivity index (χ2v) is 12.8.